The summed E-state index contributed by atoms with van der Waals surface area (Å²) >= 11 is 1.73. The highest BCUT2D eigenvalue weighted by molar-refractivity contribution is 7.96. The Balaban J connectivity index is 1.28. The van der Waals surface area contributed by atoms with Crippen molar-refractivity contribution in [2.24, 2.45) is 0 Å². The topological polar surface area (TPSA) is 69.3 Å². The zero-order valence-corrected chi connectivity index (χ0v) is 18.5. The van der Waals surface area contributed by atoms with Gasteiger partial charge in [-0.2, -0.15) is 0 Å². The molecule has 0 unspecified atom stereocenters. The maximum absolute atomic E-state index is 5.41. The van der Waals surface area contributed by atoms with E-state index in [-0.39, 0.29) is 0 Å². The molecule has 0 radical (unpaired) electrons. The molecule has 2 N–H and O–H groups in total. The number of aromatic amines is 1. The summed E-state index contributed by atoms with van der Waals surface area (Å²) in [6, 6.07) is 6.74. The van der Waals surface area contributed by atoms with Gasteiger partial charge in [0.2, 0.25) is 0 Å². The van der Waals surface area contributed by atoms with E-state index < -0.39 is 0 Å². The third-order valence-corrected chi connectivity index (χ3v) is 6.45. The Hall–Kier alpha value is -2.29. The number of methoxy groups -OCH3 is 1. The number of H-pyrrole nitrogens is 1. The number of nitrogens with zero attached hydrogens (tertiary/aromatic N) is 4. The first-order valence-electron chi connectivity index (χ1n) is 10.5. The Kier molecular flexibility index (Phi) is 7.09. The van der Waals surface area contributed by atoms with E-state index in [0.29, 0.717) is 0 Å². The lowest BCUT2D eigenvalue weighted by Crippen LogP contribution is -2.47. The third kappa shape index (κ3) is 4.88. The minimum Gasteiger partial charge on any atom is -0.491 e. The van der Waals surface area contributed by atoms with Crippen LogP contribution >= 0.6 is 11.9 Å². The molecule has 30 heavy (non-hydrogen) atoms. The van der Waals surface area contributed by atoms with Crippen molar-refractivity contribution in [3.63, 3.8) is 0 Å². The number of hydrogen-bond donors (Lipinski definition) is 2. The lowest BCUT2D eigenvalue weighted by molar-refractivity contribution is 0.253. The summed E-state index contributed by atoms with van der Waals surface area (Å²) in [7, 11) is 3.64. The third-order valence-electron chi connectivity index (χ3n) is 5.69. The number of rotatable bonds is 9. The fourth-order valence-electron chi connectivity index (χ4n) is 4.05. The molecule has 0 atom stereocenters. The van der Waals surface area contributed by atoms with Crippen molar-refractivity contribution in [3.8, 4) is 5.75 Å². The quantitative estimate of drug-likeness (QED) is 0.510. The summed E-state index contributed by atoms with van der Waals surface area (Å²) in [5.74, 6) is 2.63. The molecule has 4 rings (SSSR count). The van der Waals surface area contributed by atoms with E-state index in [1.54, 1.807) is 31.6 Å². The van der Waals surface area contributed by atoms with Crippen LogP contribution < -0.4 is 14.4 Å². The lowest BCUT2D eigenvalue weighted by Gasteiger charge is -2.35. The Morgan fingerprint density at radius 2 is 2.10 bits per heavy atom. The SMILES string of the molecule is CNSCc1ccc2[nH]cc(CCCN3CCN(c4ncncc4OC)CC3)c2c1. The van der Waals surface area contributed by atoms with Gasteiger partial charge in [-0.25, -0.2) is 9.97 Å². The molecule has 3 heterocycles. The molecule has 0 amide bonds. The number of anilines is 1. The van der Waals surface area contributed by atoms with E-state index in [9.17, 15) is 0 Å². The maximum Gasteiger partial charge on any atom is 0.179 e. The molecular weight excluding hydrogens is 396 g/mol. The molecule has 1 saturated heterocycles. The van der Waals surface area contributed by atoms with Crippen molar-refractivity contribution < 1.29 is 4.74 Å². The number of aryl methyl sites for hydroxylation is 1. The molecule has 0 aliphatic carbocycles. The normalized spacial score (nSPS) is 15.1. The molecule has 1 aromatic carbocycles. The van der Waals surface area contributed by atoms with Crippen LogP contribution in [0.2, 0.25) is 0 Å². The van der Waals surface area contributed by atoms with Gasteiger partial charge in [0.1, 0.15) is 6.33 Å². The predicted octanol–water partition coefficient (Wildman–Crippen LogP) is 3.09. The largest absolute Gasteiger partial charge is 0.491 e. The van der Waals surface area contributed by atoms with Crippen molar-refractivity contribution in [1.82, 2.24) is 24.6 Å². The lowest BCUT2D eigenvalue weighted by atomic mass is 10.1. The molecule has 0 bridgehead atoms. The van der Waals surface area contributed by atoms with Crippen molar-refractivity contribution in [2.75, 3.05) is 51.8 Å². The van der Waals surface area contributed by atoms with E-state index in [4.69, 9.17) is 4.74 Å². The molecule has 8 heteroatoms. The van der Waals surface area contributed by atoms with Crippen LogP contribution in [0.25, 0.3) is 10.9 Å². The molecule has 160 valence electrons. The number of fused-ring (bicyclic) bond motifs is 1. The maximum atomic E-state index is 5.41. The summed E-state index contributed by atoms with van der Waals surface area (Å²) in [6.07, 6.45) is 7.77. The molecule has 1 fully saturated rings. The van der Waals surface area contributed by atoms with E-state index in [0.717, 1.165) is 56.5 Å². The molecular formula is C22H30N6OS. The Morgan fingerprint density at radius 3 is 2.90 bits per heavy atom. The van der Waals surface area contributed by atoms with Gasteiger partial charge in [0.05, 0.1) is 13.3 Å². The average Bonchev–Trinajstić information content (AvgIpc) is 3.20. The van der Waals surface area contributed by atoms with Crippen LogP contribution in [-0.2, 0) is 12.2 Å². The minimum atomic E-state index is 0.748. The first-order valence-corrected chi connectivity index (χ1v) is 11.5. The van der Waals surface area contributed by atoms with Crippen molar-refractivity contribution in [2.45, 2.75) is 18.6 Å². The monoisotopic (exact) mass is 426 g/mol. The standard InChI is InChI=1S/C22H30N6OS/c1-23-30-15-17-5-6-20-19(12-17)18(13-25-20)4-3-7-27-8-10-28(11-9-27)22-21(29-2)14-24-16-26-22/h5-6,12-14,16,23,25H,3-4,7-11,15H2,1-2H3. The zero-order valence-electron chi connectivity index (χ0n) is 17.7. The van der Waals surface area contributed by atoms with E-state index in [1.165, 1.54) is 28.5 Å². The van der Waals surface area contributed by atoms with Crippen LogP contribution in [0.5, 0.6) is 5.75 Å². The number of aromatic nitrogens is 3. The summed E-state index contributed by atoms with van der Waals surface area (Å²) in [6.45, 7) is 5.15. The van der Waals surface area contributed by atoms with Crippen molar-refractivity contribution >= 4 is 28.7 Å². The summed E-state index contributed by atoms with van der Waals surface area (Å²) in [5, 5.41) is 1.37. The second-order valence-electron chi connectivity index (χ2n) is 7.53. The van der Waals surface area contributed by atoms with Gasteiger partial charge in [-0.15, -0.1) is 0 Å². The van der Waals surface area contributed by atoms with E-state index >= 15 is 0 Å². The van der Waals surface area contributed by atoms with Gasteiger partial charge in [0.15, 0.2) is 11.6 Å². The number of hydrogen-bond acceptors (Lipinski definition) is 7. The van der Waals surface area contributed by atoms with Crippen LogP contribution in [0, 0.1) is 0 Å². The van der Waals surface area contributed by atoms with Crippen molar-refractivity contribution in [1.29, 1.82) is 0 Å². The van der Waals surface area contributed by atoms with Gasteiger partial charge in [0.25, 0.3) is 0 Å². The minimum absolute atomic E-state index is 0.748. The predicted molar refractivity (Wildman–Crippen MR) is 124 cm³/mol. The second-order valence-corrected chi connectivity index (χ2v) is 8.52. The Bertz CT molecular complexity index is 954. The van der Waals surface area contributed by atoms with Gasteiger partial charge >= 0.3 is 0 Å². The van der Waals surface area contributed by atoms with Gasteiger partial charge in [-0.3, -0.25) is 9.62 Å². The molecule has 1 aliphatic heterocycles. The van der Waals surface area contributed by atoms with E-state index in [1.807, 2.05) is 7.05 Å². The van der Waals surface area contributed by atoms with Crippen LogP contribution in [0.1, 0.15) is 17.5 Å². The highest BCUT2D eigenvalue weighted by atomic mass is 32.2. The molecule has 0 spiro atoms. The van der Waals surface area contributed by atoms with Crippen LogP contribution in [-0.4, -0.2) is 66.7 Å². The molecule has 3 aromatic rings. The average molecular weight is 427 g/mol. The highest BCUT2D eigenvalue weighted by Gasteiger charge is 2.20. The van der Waals surface area contributed by atoms with Gasteiger partial charge in [-0.05, 0) is 49.7 Å². The number of piperazine rings is 1. The highest BCUT2D eigenvalue weighted by Crippen LogP contribution is 2.25. The Labute approximate surface area is 182 Å². The smallest absolute Gasteiger partial charge is 0.179 e. The van der Waals surface area contributed by atoms with Gasteiger partial charge < -0.3 is 14.6 Å². The summed E-state index contributed by atoms with van der Waals surface area (Å²) in [4.78, 5) is 16.7. The zero-order chi connectivity index (χ0) is 20.8. The van der Waals surface area contributed by atoms with Crippen molar-refractivity contribution in [3.05, 3.63) is 48.0 Å². The molecule has 0 saturated carbocycles. The Morgan fingerprint density at radius 1 is 1.23 bits per heavy atom. The number of nitrogens with one attached hydrogen (secondary N) is 2. The fraction of sp³-hybridized carbons (Fsp3) is 0.455. The molecule has 1 aliphatic rings. The first-order chi connectivity index (χ1) is 14.8. The number of benzene rings is 1. The summed E-state index contributed by atoms with van der Waals surface area (Å²) in [5.41, 5.74) is 4.01. The van der Waals surface area contributed by atoms with Gasteiger partial charge in [0, 0.05) is 49.0 Å². The van der Waals surface area contributed by atoms with E-state index in [2.05, 4.69) is 53.9 Å². The second kappa shape index (κ2) is 10.1. The first kappa shape index (κ1) is 21.0. The van der Waals surface area contributed by atoms with Gasteiger partial charge in [-0.1, -0.05) is 18.0 Å². The van der Waals surface area contributed by atoms with Crippen LogP contribution in [0.4, 0.5) is 5.82 Å². The molecule has 2 aromatic heterocycles. The summed E-state index contributed by atoms with van der Waals surface area (Å²) < 4.78 is 8.56. The van der Waals surface area contributed by atoms with Crippen LogP contribution in [0.15, 0.2) is 36.9 Å². The van der Waals surface area contributed by atoms with Crippen LogP contribution in [0.3, 0.4) is 0 Å². The number of ether oxygens (including phenoxy) is 1. The fourth-order valence-corrected chi connectivity index (χ4v) is 4.54. The molecule has 7 nitrogen and oxygen atoms in total.